The fourth-order valence-electron chi connectivity index (χ4n) is 1.72. The van der Waals surface area contributed by atoms with Gasteiger partial charge in [0.25, 0.3) is 0 Å². The van der Waals surface area contributed by atoms with Gasteiger partial charge < -0.3 is 4.74 Å². The zero-order valence-corrected chi connectivity index (χ0v) is 6.30. The minimum Gasteiger partial charge on any atom is -0.444 e. The number of hydrogen-bond acceptors (Lipinski definition) is 3. The van der Waals surface area contributed by atoms with E-state index in [-0.39, 0.29) is 12.2 Å². The van der Waals surface area contributed by atoms with Crippen molar-refractivity contribution in [1.82, 2.24) is 10.9 Å². The predicted octanol–water partition coefficient (Wildman–Crippen LogP) is 0.542. The Morgan fingerprint density at radius 3 is 3.09 bits per heavy atom. The van der Waals surface area contributed by atoms with E-state index in [0.717, 1.165) is 12.8 Å². The fourth-order valence-corrected chi connectivity index (χ4v) is 1.72. The number of nitrogens with one attached hydrogen (secondary N) is 2. The lowest BCUT2D eigenvalue weighted by molar-refractivity contribution is 0.0179. The average molecular weight is 156 g/mol. The van der Waals surface area contributed by atoms with Crippen LogP contribution in [-0.2, 0) is 4.74 Å². The van der Waals surface area contributed by atoms with Crippen LogP contribution in [0.2, 0.25) is 0 Å². The van der Waals surface area contributed by atoms with Crippen molar-refractivity contribution in [2.75, 3.05) is 0 Å². The largest absolute Gasteiger partial charge is 0.444 e. The van der Waals surface area contributed by atoms with Crippen LogP contribution in [0.1, 0.15) is 25.7 Å². The van der Waals surface area contributed by atoms with Gasteiger partial charge in [-0.1, -0.05) is 6.42 Å². The summed E-state index contributed by atoms with van der Waals surface area (Å²) in [4.78, 5) is 10.7. The monoisotopic (exact) mass is 156 g/mol. The first-order valence-electron chi connectivity index (χ1n) is 4.08. The van der Waals surface area contributed by atoms with Gasteiger partial charge in [0.2, 0.25) is 0 Å². The molecule has 0 aromatic heterocycles. The molecule has 1 saturated carbocycles. The number of hydrazine groups is 1. The van der Waals surface area contributed by atoms with E-state index in [2.05, 4.69) is 10.9 Å². The van der Waals surface area contributed by atoms with Crippen LogP contribution < -0.4 is 10.9 Å². The summed E-state index contributed by atoms with van der Waals surface area (Å²) >= 11 is 0. The molecule has 1 aliphatic heterocycles. The van der Waals surface area contributed by atoms with Gasteiger partial charge in [-0.25, -0.2) is 10.2 Å². The predicted molar refractivity (Wildman–Crippen MR) is 38.8 cm³/mol. The van der Waals surface area contributed by atoms with Gasteiger partial charge in [0, 0.05) is 0 Å². The third kappa shape index (κ3) is 1.30. The summed E-state index contributed by atoms with van der Waals surface area (Å²) in [6.07, 6.45) is 4.28. The second-order valence-electron chi connectivity index (χ2n) is 3.10. The summed E-state index contributed by atoms with van der Waals surface area (Å²) in [6, 6.07) is 0.335. The van der Waals surface area contributed by atoms with E-state index in [4.69, 9.17) is 4.74 Å². The van der Waals surface area contributed by atoms with Crippen molar-refractivity contribution in [3.05, 3.63) is 0 Å². The third-order valence-electron chi connectivity index (χ3n) is 2.32. The molecular formula is C7H12N2O2. The number of ether oxygens (including phenoxy) is 1. The molecule has 1 saturated heterocycles. The Kier molecular flexibility index (Phi) is 1.69. The number of carbonyl (C=O) groups is 1. The summed E-state index contributed by atoms with van der Waals surface area (Å²) in [5, 5.41) is 0. The molecule has 2 rings (SSSR count). The first kappa shape index (κ1) is 6.91. The van der Waals surface area contributed by atoms with E-state index < -0.39 is 0 Å². The maximum Gasteiger partial charge on any atom is 0.421 e. The van der Waals surface area contributed by atoms with Gasteiger partial charge in [-0.05, 0) is 19.3 Å². The quantitative estimate of drug-likeness (QED) is 0.538. The normalized spacial score (nSPS) is 36.9. The van der Waals surface area contributed by atoms with Crippen LogP contribution in [0.3, 0.4) is 0 Å². The van der Waals surface area contributed by atoms with Crippen molar-refractivity contribution in [3.63, 3.8) is 0 Å². The lowest BCUT2D eigenvalue weighted by Crippen LogP contribution is -2.58. The Morgan fingerprint density at radius 2 is 2.18 bits per heavy atom. The van der Waals surface area contributed by atoms with Gasteiger partial charge in [-0.2, -0.15) is 0 Å². The molecule has 0 unspecified atom stereocenters. The molecule has 2 atom stereocenters. The molecule has 0 aromatic carbocycles. The average Bonchev–Trinajstić information content (AvgIpc) is 2.04. The Hall–Kier alpha value is -0.770. The van der Waals surface area contributed by atoms with Crippen molar-refractivity contribution < 1.29 is 9.53 Å². The standard InChI is InChI=1S/C7H12N2O2/c10-7-9-8-5-3-1-2-4-6(5)11-7/h5-6,8H,1-4H2,(H,9,10)/t5-,6+/m0/s1. The maximum absolute atomic E-state index is 10.7. The van der Waals surface area contributed by atoms with Gasteiger partial charge in [0.15, 0.2) is 0 Å². The highest BCUT2D eigenvalue weighted by atomic mass is 16.6. The molecule has 11 heavy (non-hydrogen) atoms. The molecule has 1 aliphatic carbocycles. The molecule has 0 bridgehead atoms. The number of fused-ring (bicyclic) bond motifs is 1. The van der Waals surface area contributed by atoms with Crippen LogP contribution >= 0.6 is 0 Å². The first-order chi connectivity index (χ1) is 5.36. The first-order valence-corrected chi connectivity index (χ1v) is 4.08. The van der Waals surface area contributed by atoms with Crippen LogP contribution in [-0.4, -0.2) is 18.2 Å². The zero-order valence-electron chi connectivity index (χ0n) is 6.30. The van der Waals surface area contributed by atoms with E-state index in [0.29, 0.717) is 6.04 Å². The minimum atomic E-state index is -0.340. The van der Waals surface area contributed by atoms with Gasteiger partial charge in [0.1, 0.15) is 6.10 Å². The molecule has 1 amide bonds. The highest BCUT2D eigenvalue weighted by molar-refractivity contribution is 5.67. The summed E-state index contributed by atoms with van der Waals surface area (Å²) in [5.74, 6) is 0. The Morgan fingerprint density at radius 1 is 1.36 bits per heavy atom. The highest BCUT2D eigenvalue weighted by Gasteiger charge is 2.31. The van der Waals surface area contributed by atoms with Crippen molar-refractivity contribution in [2.24, 2.45) is 0 Å². The summed E-state index contributed by atoms with van der Waals surface area (Å²) in [5.41, 5.74) is 5.42. The summed E-state index contributed by atoms with van der Waals surface area (Å²) < 4.78 is 5.08. The van der Waals surface area contributed by atoms with Crippen LogP contribution in [0.25, 0.3) is 0 Å². The van der Waals surface area contributed by atoms with Crippen molar-refractivity contribution >= 4 is 6.09 Å². The zero-order chi connectivity index (χ0) is 7.68. The second kappa shape index (κ2) is 2.70. The van der Waals surface area contributed by atoms with Gasteiger partial charge in [-0.15, -0.1) is 0 Å². The number of hydrogen-bond donors (Lipinski definition) is 2. The molecule has 4 heteroatoms. The van der Waals surface area contributed by atoms with Crippen molar-refractivity contribution in [1.29, 1.82) is 0 Å². The van der Waals surface area contributed by atoms with Crippen LogP contribution in [0.4, 0.5) is 4.79 Å². The van der Waals surface area contributed by atoms with E-state index in [1.807, 2.05) is 0 Å². The molecule has 0 spiro atoms. The second-order valence-corrected chi connectivity index (χ2v) is 3.10. The number of amides is 1. The summed E-state index contributed by atoms with van der Waals surface area (Å²) in [6.45, 7) is 0. The van der Waals surface area contributed by atoms with Gasteiger partial charge in [0.05, 0.1) is 6.04 Å². The highest BCUT2D eigenvalue weighted by Crippen LogP contribution is 2.22. The molecule has 0 radical (unpaired) electrons. The lowest BCUT2D eigenvalue weighted by atomic mass is 9.93. The van der Waals surface area contributed by atoms with Gasteiger partial charge in [-0.3, -0.25) is 5.43 Å². The lowest BCUT2D eigenvalue weighted by Gasteiger charge is -2.35. The Labute approximate surface area is 65.3 Å². The van der Waals surface area contributed by atoms with Crippen molar-refractivity contribution in [2.45, 2.75) is 37.8 Å². The minimum absolute atomic E-state index is 0.109. The summed E-state index contributed by atoms with van der Waals surface area (Å²) in [7, 11) is 0. The smallest absolute Gasteiger partial charge is 0.421 e. The van der Waals surface area contributed by atoms with Crippen LogP contribution in [0.5, 0.6) is 0 Å². The molecule has 2 N–H and O–H groups in total. The molecule has 1 heterocycles. The Balaban J connectivity index is 1.98. The molecule has 0 aromatic rings. The van der Waals surface area contributed by atoms with Gasteiger partial charge >= 0.3 is 6.09 Å². The third-order valence-corrected chi connectivity index (χ3v) is 2.32. The molecular weight excluding hydrogens is 144 g/mol. The number of carbonyl (C=O) groups excluding carboxylic acids is 1. The van der Waals surface area contributed by atoms with Crippen LogP contribution in [0.15, 0.2) is 0 Å². The van der Waals surface area contributed by atoms with E-state index in [1.54, 1.807) is 0 Å². The Bertz CT molecular complexity index is 172. The van der Waals surface area contributed by atoms with Crippen LogP contribution in [0, 0.1) is 0 Å². The molecule has 4 nitrogen and oxygen atoms in total. The SMILES string of the molecule is O=C1NN[C@H]2CCCC[C@H]2O1. The fraction of sp³-hybridized carbons (Fsp3) is 0.857. The van der Waals surface area contributed by atoms with Crippen molar-refractivity contribution in [3.8, 4) is 0 Å². The van der Waals surface area contributed by atoms with E-state index in [1.165, 1.54) is 12.8 Å². The molecule has 62 valence electrons. The molecule has 2 fully saturated rings. The van der Waals surface area contributed by atoms with E-state index >= 15 is 0 Å². The maximum atomic E-state index is 10.7. The molecule has 2 aliphatic rings. The van der Waals surface area contributed by atoms with E-state index in [9.17, 15) is 4.79 Å². The topological polar surface area (TPSA) is 50.4 Å². The number of rotatable bonds is 0.